The van der Waals surface area contributed by atoms with Gasteiger partial charge in [0.05, 0.1) is 0 Å². The summed E-state index contributed by atoms with van der Waals surface area (Å²) in [4.78, 5) is 11.7. The monoisotopic (exact) mass is 259 g/mol. The van der Waals surface area contributed by atoms with E-state index in [-0.39, 0.29) is 17.5 Å². The van der Waals surface area contributed by atoms with Gasteiger partial charge in [-0.25, -0.2) is 4.39 Å². The van der Waals surface area contributed by atoms with Crippen LogP contribution in [0, 0.1) is 5.82 Å². The first-order chi connectivity index (χ1) is 9.16. The normalized spacial score (nSPS) is 10.2. The summed E-state index contributed by atoms with van der Waals surface area (Å²) in [6, 6.07) is 12.5. The first kappa shape index (κ1) is 13.1. The van der Waals surface area contributed by atoms with Gasteiger partial charge in [-0.05, 0) is 42.3 Å². The fourth-order valence-corrected chi connectivity index (χ4v) is 1.73. The molecule has 0 aliphatic carbocycles. The minimum atomic E-state index is -0.263. The maximum absolute atomic E-state index is 13.3. The first-order valence-corrected chi connectivity index (χ1v) is 5.97. The zero-order valence-electron chi connectivity index (χ0n) is 10.3. The fourth-order valence-electron chi connectivity index (χ4n) is 1.73. The summed E-state index contributed by atoms with van der Waals surface area (Å²) in [6.07, 6.45) is 0.441. The Hall–Kier alpha value is -2.36. The van der Waals surface area contributed by atoms with Crippen molar-refractivity contribution in [1.82, 2.24) is 5.32 Å². The largest absolute Gasteiger partial charge is 0.508 e. The van der Waals surface area contributed by atoms with E-state index in [0.29, 0.717) is 24.1 Å². The summed E-state index contributed by atoms with van der Waals surface area (Å²) in [7, 11) is 0. The van der Waals surface area contributed by atoms with Crippen molar-refractivity contribution in [2.75, 3.05) is 6.54 Å². The predicted octanol–water partition coefficient (Wildman–Crippen LogP) is 2.50. The van der Waals surface area contributed by atoms with Crippen LogP contribution in [0.1, 0.15) is 15.9 Å². The molecule has 2 rings (SSSR count). The standard InChI is InChI=1S/C15H14FNO2/c16-14-4-2-1-3-11(14)9-10-17-15(19)12-5-7-13(18)8-6-12/h1-8,18H,9-10H2,(H,17,19). The van der Waals surface area contributed by atoms with Crippen LogP contribution in [-0.4, -0.2) is 17.6 Å². The van der Waals surface area contributed by atoms with Gasteiger partial charge in [-0.1, -0.05) is 18.2 Å². The summed E-state index contributed by atoms with van der Waals surface area (Å²) in [5, 5.41) is 11.8. The van der Waals surface area contributed by atoms with Gasteiger partial charge in [0.15, 0.2) is 0 Å². The first-order valence-electron chi connectivity index (χ1n) is 5.97. The van der Waals surface area contributed by atoms with Gasteiger partial charge in [-0.2, -0.15) is 0 Å². The number of nitrogens with one attached hydrogen (secondary N) is 1. The molecule has 0 saturated heterocycles. The number of carbonyl (C=O) groups is 1. The van der Waals surface area contributed by atoms with Gasteiger partial charge in [-0.3, -0.25) is 4.79 Å². The number of rotatable bonds is 4. The molecule has 3 nitrogen and oxygen atoms in total. The number of phenolic OH excluding ortho intramolecular Hbond substituents is 1. The summed E-state index contributed by atoms with van der Waals surface area (Å²) in [5.41, 5.74) is 1.04. The molecule has 0 spiro atoms. The Kier molecular flexibility index (Phi) is 4.13. The number of hydrogen-bond acceptors (Lipinski definition) is 2. The van der Waals surface area contributed by atoms with Crippen LogP contribution in [0.5, 0.6) is 5.75 Å². The molecule has 0 heterocycles. The van der Waals surface area contributed by atoms with Gasteiger partial charge in [-0.15, -0.1) is 0 Å². The van der Waals surface area contributed by atoms with E-state index in [9.17, 15) is 9.18 Å². The molecular weight excluding hydrogens is 245 g/mol. The number of carbonyl (C=O) groups excluding carboxylic acids is 1. The third-order valence-electron chi connectivity index (χ3n) is 2.77. The van der Waals surface area contributed by atoms with Crippen molar-refractivity contribution in [1.29, 1.82) is 0 Å². The van der Waals surface area contributed by atoms with E-state index in [1.165, 1.54) is 30.3 Å². The van der Waals surface area contributed by atoms with Crippen molar-refractivity contribution in [2.45, 2.75) is 6.42 Å². The van der Waals surface area contributed by atoms with Crippen LogP contribution in [0.4, 0.5) is 4.39 Å². The van der Waals surface area contributed by atoms with Crippen LogP contribution in [0.2, 0.25) is 0 Å². The lowest BCUT2D eigenvalue weighted by molar-refractivity contribution is 0.0954. The molecule has 2 aromatic carbocycles. The van der Waals surface area contributed by atoms with Crippen molar-refractivity contribution < 1.29 is 14.3 Å². The van der Waals surface area contributed by atoms with Crippen LogP contribution in [0.15, 0.2) is 48.5 Å². The van der Waals surface area contributed by atoms with Crippen LogP contribution < -0.4 is 5.32 Å². The second kappa shape index (κ2) is 6.00. The Balaban J connectivity index is 1.88. The smallest absolute Gasteiger partial charge is 0.251 e. The molecule has 0 saturated carbocycles. The Labute approximate surface area is 110 Å². The molecule has 0 radical (unpaired) electrons. The zero-order chi connectivity index (χ0) is 13.7. The Morgan fingerprint density at radius 1 is 1.11 bits per heavy atom. The minimum absolute atomic E-state index is 0.114. The molecule has 19 heavy (non-hydrogen) atoms. The number of aromatic hydroxyl groups is 1. The number of benzene rings is 2. The van der Waals surface area contributed by atoms with Crippen LogP contribution in [0.3, 0.4) is 0 Å². The quantitative estimate of drug-likeness (QED) is 0.886. The number of amides is 1. The van der Waals surface area contributed by atoms with Gasteiger partial charge in [0, 0.05) is 12.1 Å². The molecule has 0 aliphatic heterocycles. The van der Waals surface area contributed by atoms with E-state index in [1.54, 1.807) is 18.2 Å². The molecule has 2 aromatic rings. The third-order valence-corrected chi connectivity index (χ3v) is 2.77. The molecule has 0 fully saturated rings. The van der Waals surface area contributed by atoms with Crippen LogP contribution in [-0.2, 0) is 6.42 Å². The van der Waals surface area contributed by atoms with E-state index >= 15 is 0 Å². The molecule has 0 bridgehead atoms. The maximum atomic E-state index is 13.3. The van der Waals surface area contributed by atoms with E-state index in [1.807, 2.05) is 0 Å². The molecule has 4 heteroatoms. The molecule has 0 unspecified atom stereocenters. The minimum Gasteiger partial charge on any atom is -0.508 e. The predicted molar refractivity (Wildman–Crippen MR) is 70.5 cm³/mol. The molecular formula is C15H14FNO2. The van der Waals surface area contributed by atoms with Gasteiger partial charge in [0.25, 0.3) is 5.91 Å². The Morgan fingerprint density at radius 3 is 2.47 bits per heavy atom. The molecule has 0 atom stereocenters. The fraction of sp³-hybridized carbons (Fsp3) is 0.133. The molecule has 0 aliphatic rings. The number of hydrogen-bond donors (Lipinski definition) is 2. The lowest BCUT2D eigenvalue weighted by atomic mass is 10.1. The highest BCUT2D eigenvalue weighted by Gasteiger charge is 2.05. The highest BCUT2D eigenvalue weighted by Crippen LogP contribution is 2.10. The van der Waals surface area contributed by atoms with Crippen molar-refractivity contribution in [3.8, 4) is 5.75 Å². The highest BCUT2D eigenvalue weighted by molar-refractivity contribution is 5.94. The van der Waals surface area contributed by atoms with Crippen molar-refractivity contribution in [3.05, 3.63) is 65.5 Å². The average Bonchev–Trinajstić information content (AvgIpc) is 2.41. The Morgan fingerprint density at radius 2 is 1.79 bits per heavy atom. The summed E-state index contributed by atoms with van der Waals surface area (Å²) in [5.74, 6) is -0.388. The molecule has 0 aromatic heterocycles. The maximum Gasteiger partial charge on any atom is 0.251 e. The van der Waals surface area contributed by atoms with Gasteiger partial charge >= 0.3 is 0 Å². The zero-order valence-corrected chi connectivity index (χ0v) is 10.3. The third kappa shape index (κ3) is 3.55. The van der Waals surface area contributed by atoms with E-state index in [4.69, 9.17) is 5.11 Å². The molecule has 2 N–H and O–H groups in total. The average molecular weight is 259 g/mol. The van der Waals surface area contributed by atoms with E-state index < -0.39 is 0 Å². The summed E-state index contributed by atoms with van der Waals surface area (Å²) in [6.45, 7) is 0.362. The lowest BCUT2D eigenvalue weighted by Gasteiger charge is -2.06. The van der Waals surface area contributed by atoms with Gasteiger partial charge in [0.1, 0.15) is 11.6 Å². The molecule has 98 valence electrons. The summed E-state index contributed by atoms with van der Waals surface area (Å²) >= 11 is 0. The number of phenols is 1. The Bertz CT molecular complexity index is 567. The summed E-state index contributed by atoms with van der Waals surface area (Å²) < 4.78 is 13.3. The number of halogens is 1. The van der Waals surface area contributed by atoms with Crippen LogP contribution in [0.25, 0.3) is 0 Å². The lowest BCUT2D eigenvalue weighted by Crippen LogP contribution is -2.25. The topological polar surface area (TPSA) is 49.3 Å². The van der Waals surface area contributed by atoms with Gasteiger partial charge in [0.2, 0.25) is 0 Å². The van der Waals surface area contributed by atoms with E-state index in [2.05, 4.69) is 5.32 Å². The second-order valence-corrected chi connectivity index (χ2v) is 4.14. The van der Waals surface area contributed by atoms with Crippen molar-refractivity contribution in [2.24, 2.45) is 0 Å². The van der Waals surface area contributed by atoms with Crippen molar-refractivity contribution in [3.63, 3.8) is 0 Å². The SMILES string of the molecule is O=C(NCCc1ccccc1F)c1ccc(O)cc1. The van der Waals surface area contributed by atoms with E-state index in [0.717, 1.165) is 0 Å². The highest BCUT2D eigenvalue weighted by atomic mass is 19.1. The second-order valence-electron chi connectivity index (χ2n) is 4.14. The van der Waals surface area contributed by atoms with Gasteiger partial charge < -0.3 is 10.4 Å². The molecule has 1 amide bonds. The van der Waals surface area contributed by atoms with Crippen LogP contribution >= 0.6 is 0 Å². The van der Waals surface area contributed by atoms with Crippen molar-refractivity contribution >= 4 is 5.91 Å².